The number of rotatable bonds is 24. The molecule has 0 bridgehead atoms. The molecular formula is C49H69N3O10P2Y2-4. The fourth-order valence-corrected chi connectivity index (χ4v) is 10.8. The molecule has 3 aromatic carbocycles. The van der Waals surface area contributed by atoms with Gasteiger partial charge in [0.15, 0.2) is 0 Å². The molecule has 360 valence electrons. The predicted molar refractivity (Wildman–Crippen MR) is 251 cm³/mol. The molecule has 0 saturated carbocycles. The summed E-state index contributed by atoms with van der Waals surface area (Å²) in [6.07, 6.45) is -2.54. The van der Waals surface area contributed by atoms with Crippen molar-refractivity contribution in [2.24, 2.45) is 11.8 Å². The minimum atomic E-state index is -2.04. The van der Waals surface area contributed by atoms with Crippen molar-refractivity contribution in [1.29, 1.82) is 10.5 Å². The smallest absolute Gasteiger partial charge is 0.333 e. The van der Waals surface area contributed by atoms with Crippen molar-refractivity contribution in [2.45, 2.75) is 109 Å². The normalized spacial score (nSPS) is 23.4. The summed E-state index contributed by atoms with van der Waals surface area (Å²) in [7, 11) is -0.315. The molecule has 66 heavy (non-hydrogen) atoms. The zero-order valence-electron chi connectivity index (χ0n) is 40.4. The van der Waals surface area contributed by atoms with E-state index < -0.39 is 53.2 Å². The van der Waals surface area contributed by atoms with Gasteiger partial charge in [-0.25, -0.2) is 4.67 Å². The van der Waals surface area contributed by atoms with Gasteiger partial charge in [0, 0.05) is 77.5 Å². The van der Waals surface area contributed by atoms with E-state index in [2.05, 4.69) is 58.4 Å². The second-order valence-corrected chi connectivity index (χ2v) is 18.5. The number of methoxy groups -OCH3 is 2. The Bertz CT molecular complexity index is 1820. The van der Waals surface area contributed by atoms with Crippen molar-refractivity contribution < 1.29 is 112 Å². The number of hydrogen-bond donors (Lipinski definition) is 0. The van der Waals surface area contributed by atoms with Gasteiger partial charge in [-0.05, 0) is 80.5 Å². The Morgan fingerprint density at radius 2 is 1.09 bits per heavy atom. The molecule has 0 spiro atoms. The minimum Gasteiger partial charge on any atom is -0.497 e. The molecule has 2 radical (unpaired) electrons. The van der Waals surface area contributed by atoms with Crippen LogP contribution >= 0.6 is 17.1 Å². The van der Waals surface area contributed by atoms with E-state index >= 15 is 0 Å². The standard InChI is InChI=1S/C47H63N3O10P2.2CH3.2Y/c1-32(2)50(33(3)4)61(54-28-14-26-48)59-45-34(5)36(7)58-44(45)31-56-62(55-29-15-27-49)60-46-35(6)37(8)57-43(46)30-53-47(38-16-12-11-13-17-38,39-18-22-41(51-9)23-19-39)40-20-24-42(52-10)25-21-40;;;;/h11-13,16-25,32-37,43-46H,7-8,14-15,28-31H2,1-6,9-10H3;2*1H3;;/q-2;2*-1;;/t34?,35?,36-,37-,43+,44+,45+,46+,61?,62?;;;;/m0..../s1. The van der Waals surface area contributed by atoms with Crippen LogP contribution in [0.2, 0.25) is 0 Å². The minimum absolute atomic E-state index is 0. The van der Waals surface area contributed by atoms with Gasteiger partial charge in [0.25, 0.3) is 8.53 Å². The number of nitrogens with zero attached hydrogens (tertiary/aromatic N) is 3. The predicted octanol–water partition coefficient (Wildman–Crippen LogP) is 10.6. The number of benzene rings is 3. The molecule has 4 unspecified atom stereocenters. The third-order valence-electron chi connectivity index (χ3n) is 11.1. The Morgan fingerprint density at radius 3 is 1.55 bits per heavy atom. The summed E-state index contributed by atoms with van der Waals surface area (Å²) >= 11 is 0. The summed E-state index contributed by atoms with van der Waals surface area (Å²) in [6.45, 7) is 21.5. The van der Waals surface area contributed by atoms with Crippen molar-refractivity contribution in [3.8, 4) is 23.6 Å². The third kappa shape index (κ3) is 16.2. The molecule has 0 amide bonds. The van der Waals surface area contributed by atoms with Crippen LogP contribution in [0.1, 0.15) is 71.1 Å². The van der Waals surface area contributed by atoms with Crippen LogP contribution in [0.15, 0.2) is 78.9 Å². The molecule has 5 rings (SSSR count). The number of ether oxygens (including phenoxy) is 5. The first-order valence-electron chi connectivity index (χ1n) is 21.2. The van der Waals surface area contributed by atoms with Crippen LogP contribution in [0.25, 0.3) is 0 Å². The van der Waals surface area contributed by atoms with Crippen LogP contribution in [0.5, 0.6) is 11.5 Å². The van der Waals surface area contributed by atoms with Gasteiger partial charge in [-0.15, -0.1) is 0 Å². The Hall–Kier alpha value is -1.05. The third-order valence-corrected chi connectivity index (χ3v) is 14.4. The van der Waals surface area contributed by atoms with Gasteiger partial charge < -0.3 is 75.0 Å². The Labute approximate surface area is 449 Å². The van der Waals surface area contributed by atoms with Crippen molar-refractivity contribution in [1.82, 2.24) is 4.67 Å². The largest absolute Gasteiger partial charge is 0.497 e. The van der Waals surface area contributed by atoms with E-state index in [1.807, 2.05) is 92.7 Å². The average Bonchev–Trinajstić information content (AvgIpc) is 3.70. The van der Waals surface area contributed by atoms with E-state index in [0.717, 1.165) is 28.2 Å². The summed E-state index contributed by atoms with van der Waals surface area (Å²) in [5.74, 6) is 1.16. The van der Waals surface area contributed by atoms with Crippen molar-refractivity contribution >= 4 is 17.1 Å². The first kappa shape index (κ1) is 63.0. The first-order chi connectivity index (χ1) is 29.9. The van der Waals surface area contributed by atoms with Crippen molar-refractivity contribution in [3.63, 3.8) is 0 Å². The average molecular weight is 1100 g/mol. The van der Waals surface area contributed by atoms with E-state index in [4.69, 9.17) is 46.3 Å². The Kier molecular flexibility index (Phi) is 29.9. The zero-order valence-corrected chi connectivity index (χ0v) is 47.9. The second kappa shape index (κ2) is 31.3. The maximum Gasteiger partial charge on any atom is 0.333 e. The van der Waals surface area contributed by atoms with Crippen LogP contribution in [-0.2, 0) is 108 Å². The van der Waals surface area contributed by atoms with Gasteiger partial charge in [0.1, 0.15) is 29.3 Å². The van der Waals surface area contributed by atoms with Crippen LogP contribution in [0.4, 0.5) is 0 Å². The second-order valence-electron chi connectivity index (χ2n) is 15.9. The van der Waals surface area contributed by atoms with E-state index in [1.54, 1.807) is 14.2 Å². The van der Waals surface area contributed by atoms with Gasteiger partial charge in [0.05, 0.1) is 77.8 Å². The molecule has 3 aromatic rings. The SMILES string of the molecule is [CH2-][C@@H]1O[C@H](COC(c2ccccc2)(c2ccc(OC)cc2)c2ccc(OC)cc2)[C@H](OP(OCCC#N)OC[C@H]2O[C@@H]([CH2-])C(C)[C@H]2OP(OCCC#N)N(C(C)C)C(C)C)C1C.[CH3-].[CH3-].[Y].[Y]. The molecular weight excluding hydrogens is 1030 g/mol. The molecule has 2 aliphatic rings. The molecule has 17 heteroatoms. The molecule has 2 fully saturated rings. The van der Waals surface area contributed by atoms with Gasteiger partial charge in [-0.1, -0.05) is 80.7 Å². The molecule has 2 heterocycles. The monoisotopic (exact) mass is 1100 g/mol. The molecule has 0 N–H and O–H groups in total. The van der Waals surface area contributed by atoms with E-state index in [-0.39, 0.29) is 150 Å². The number of nitriles is 2. The van der Waals surface area contributed by atoms with Gasteiger partial charge >= 0.3 is 8.60 Å². The quantitative estimate of drug-likeness (QED) is 0.0364. The van der Waals surface area contributed by atoms with Crippen LogP contribution in [-0.4, -0.2) is 94.0 Å². The molecule has 2 saturated heterocycles. The number of hydrogen-bond acceptors (Lipinski definition) is 13. The van der Waals surface area contributed by atoms with Gasteiger partial charge in [0.2, 0.25) is 0 Å². The molecule has 2 aliphatic heterocycles. The maximum absolute atomic E-state index is 9.41. The van der Waals surface area contributed by atoms with E-state index in [1.165, 1.54) is 0 Å². The van der Waals surface area contributed by atoms with Crippen molar-refractivity contribution in [2.75, 3.05) is 40.6 Å². The fourth-order valence-electron chi connectivity index (χ4n) is 7.73. The van der Waals surface area contributed by atoms with E-state index in [9.17, 15) is 10.5 Å². The fraction of sp³-hybridized carbons (Fsp3) is 0.510. The van der Waals surface area contributed by atoms with Gasteiger partial charge in [-0.3, -0.25) is 0 Å². The zero-order chi connectivity index (χ0) is 44.8. The van der Waals surface area contributed by atoms with Crippen LogP contribution in [0, 0.1) is 63.2 Å². The Morgan fingerprint density at radius 1 is 0.652 bits per heavy atom. The van der Waals surface area contributed by atoms with Crippen molar-refractivity contribution in [3.05, 3.63) is 124 Å². The topological polar surface area (TPSA) is 143 Å². The summed E-state index contributed by atoms with van der Waals surface area (Å²) in [6, 6.07) is 30.3. The first-order valence-corrected chi connectivity index (χ1v) is 23.4. The van der Waals surface area contributed by atoms with E-state index in [0.29, 0.717) is 0 Å². The summed E-state index contributed by atoms with van der Waals surface area (Å²) in [5, 5.41) is 18.6. The van der Waals surface area contributed by atoms with Gasteiger partial charge in [-0.2, -0.15) is 10.5 Å². The summed E-state index contributed by atoms with van der Waals surface area (Å²) < 4.78 is 65.7. The molecule has 0 aromatic heterocycles. The van der Waals surface area contributed by atoms with Crippen LogP contribution in [0.3, 0.4) is 0 Å². The molecule has 13 nitrogen and oxygen atoms in total. The molecule has 10 atom stereocenters. The summed E-state index contributed by atoms with van der Waals surface area (Å²) in [4.78, 5) is 0. The molecule has 0 aliphatic carbocycles. The summed E-state index contributed by atoms with van der Waals surface area (Å²) in [5.41, 5.74) is 1.58. The van der Waals surface area contributed by atoms with Crippen LogP contribution < -0.4 is 9.47 Å². The maximum atomic E-state index is 9.41. The Balaban J connectivity index is 0.00000544.